The molecule has 34 heavy (non-hydrogen) atoms. The summed E-state index contributed by atoms with van der Waals surface area (Å²) in [5, 5.41) is 12.2. The third kappa shape index (κ3) is 3.17. The van der Waals surface area contributed by atoms with Gasteiger partial charge in [-0.25, -0.2) is 4.79 Å². The van der Waals surface area contributed by atoms with Crippen molar-refractivity contribution < 1.29 is 33.6 Å². The van der Waals surface area contributed by atoms with Crippen LogP contribution < -0.4 is 15.2 Å². The Morgan fingerprint density at radius 1 is 1.29 bits per heavy atom. The number of methoxy groups -OCH3 is 1. The summed E-state index contributed by atoms with van der Waals surface area (Å²) < 4.78 is 22.9. The number of benzene rings is 1. The van der Waals surface area contributed by atoms with Crippen LogP contribution in [0.15, 0.2) is 24.0 Å². The van der Waals surface area contributed by atoms with Gasteiger partial charge in [-0.1, -0.05) is 6.07 Å². The highest BCUT2D eigenvalue weighted by atomic mass is 35.5. The summed E-state index contributed by atoms with van der Waals surface area (Å²) in [6.45, 7) is 3.70. The van der Waals surface area contributed by atoms with E-state index < -0.39 is 41.2 Å². The van der Waals surface area contributed by atoms with Gasteiger partial charge in [-0.05, 0) is 58.0 Å². The number of rotatable bonds is 5. The van der Waals surface area contributed by atoms with Gasteiger partial charge >= 0.3 is 11.9 Å². The summed E-state index contributed by atoms with van der Waals surface area (Å²) in [6, 6.07) is 2.98. The van der Waals surface area contributed by atoms with Crippen LogP contribution in [0.5, 0.6) is 11.5 Å². The molecule has 2 heterocycles. The number of carbonyl (C=O) groups excluding carboxylic acids is 2. The Morgan fingerprint density at radius 2 is 2.03 bits per heavy atom. The Balaban J connectivity index is 0.00000274. The fraction of sp³-hybridized carbons (Fsp3) is 0.583. The molecule has 0 aromatic heterocycles. The van der Waals surface area contributed by atoms with Crippen molar-refractivity contribution in [3.63, 3.8) is 0 Å². The molecule has 1 unspecified atom stereocenters. The largest absolute Gasteiger partial charge is 0.493 e. The number of piperidine rings is 1. The zero-order chi connectivity index (χ0) is 23.7. The van der Waals surface area contributed by atoms with E-state index in [1.165, 1.54) is 13.8 Å². The van der Waals surface area contributed by atoms with Crippen molar-refractivity contribution in [1.82, 2.24) is 4.90 Å². The van der Waals surface area contributed by atoms with Gasteiger partial charge in [0.1, 0.15) is 11.8 Å². The van der Waals surface area contributed by atoms with E-state index in [1.807, 2.05) is 19.2 Å². The normalized spacial score (nSPS) is 32.2. The lowest BCUT2D eigenvalue weighted by Gasteiger charge is -2.61. The van der Waals surface area contributed by atoms with Gasteiger partial charge in [0.15, 0.2) is 23.7 Å². The maximum atomic E-state index is 12.8. The van der Waals surface area contributed by atoms with Gasteiger partial charge in [0.25, 0.3) is 0 Å². The Labute approximate surface area is 204 Å². The fourth-order valence-electron chi connectivity index (χ4n) is 6.12. The zero-order valence-electron chi connectivity index (χ0n) is 19.7. The van der Waals surface area contributed by atoms with E-state index in [9.17, 15) is 14.7 Å². The van der Waals surface area contributed by atoms with E-state index in [4.69, 9.17) is 24.7 Å². The quantitative estimate of drug-likeness (QED) is 0.582. The van der Waals surface area contributed by atoms with Gasteiger partial charge < -0.3 is 34.7 Å². The van der Waals surface area contributed by atoms with Crippen LogP contribution in [0.25, 0.3) is 0 Å². The molecule has 4 aliphatic rings. The summed E-state index contributed by atoms with van der Waals surface area (Å²) in [4.78, 5) is 26.8. The first-order valence-corrected chi connectivity index (χ1v) is 11.3. The molecule has 3 N–H and O–H groups in total. The molecule has 186 valence electrons. The smallest absolute Gasteiger partial charge is 0.352 e. The summed E-state index contributed by atoms with van der Waals surface area (Å²) in [5.41, 5.74) is 5.75. The van der Waals surface area contributed by atoms with E-state index in [0.29, 0.717) is 36.5 Å². The summed E-state index contributed by atoms with van der Waals surface area (Å²) >= 11 is 0. The van der Waals surface area contributed by atoms with Crippen molar-refractivity contribution >= 4 is 24.3 Å². The van der Waals surface area contributed by atoms with Crippen molar-refractivity contribution in [2.45, 2.75) is 68.4 Å². The average Bonchev–Trinajstić information content (AvgIpc) is 3.13. The predicted molar refractivity (Wildman–Crippen MR) is 124 cm³/mol. The van der Waals surface area contributed by atoms with E-state index in [-0.39, 0.29) is 18.4 Å². The van der Waals surface area contributed by atoms with Crippen molar-refractivity contribution in [3.05, 3.63) is 35.1 Å². The van der Waals surface area contributed by atoms with Crippen LogP contribution in [0, 0.1) is 0 Å². The van der Waals surface area contributed by atoms with Crippen LogP contribution in [0.2, 0.25) is 0 Å². The number of hydrogen-bond donors (Lipinski definition) is 2. The highest BCUT2D eigenvalue weighted by Gasteiger charge is 2.72. The molecule has 0 radical (unpaired) electrons. The second kappa shape index (κ2) is 8.41. The molecular formula is C24H31ClN2O7. The lowest BCUT2D eigenvalue weighted by atomic mass is 9.50. The highest BCUT2D eigenvalue weighted by Crippen LogP contribution is 2.65. The van der Waals surface area contributed by atoms with Crippen LogP contribution in [0.3, 0.4) is 0 Å². The van der Waals surface area contributed by atoms with Gasteiger partial charge in [-0.3, -0.25) is 4.79 Å². The molecular weight excluding hydrogens is 464 g/mol. The Morgan fingerprint density at radius 3 is 2.71 bits per heavy atom. The number of carbonyl (C=O) groups is 2. The minimum Gasteiger partial charge on any atom is -0.493 e. The maximum Gasteiger partial charge on any atom is 0.352 e. The second-order valence-electron chi connectivity index (χ2n) is 9.57. The third-order valence-corrected chi connectivity index (χ3v) is 7.77. The molecule has 0 saturated carbocycles. The number of halogens is 1. The monoisotopic (exact) mass is 494 g/mol. The lowest BCUT2D eigenvalue weighted by Crippen LogP contribution is -2.74. The summed E-state index contributed by atoms with van der Waals surface area (Å²) in [7, 11) is 3.61. The number of ether oxygens (including phenoxy) is 4. The number of aliphatic hydroxyl groups is 1. The standard InChI is InChI=1S/C24H30N2O7.ClH/c1-12(25)21(27)31-13(2)22(28)32-16-7-8-24(29)17-11-14-5-6-15(30-4)19-18(14)23(24,20(16)33-19)9-10-26(17)3;/h5-7,12-13,17,20,29H,8-11,25H2,1-4H3;1H/t12-,13?,17+,20-,23-,24+;/m0./s1. The van der Waals surface area contributed by atoms with Crippen molar-refractivity contribution in [3.8, 4) is 11.5 Å². The molecule has 1 fully saturated rings. The third-order valence-electron chi connectivity index (χ3n) is 7.77. The topological polar surface area (TPSA) is 121 Å². The molecule has 2 aliphatic carbocycles. The minimum atomic E-state index is -1.13. The first kappa shape index (κ1) is 24.8. The fourth-order valence-corrected chi connectivity index (χ4v) is 6.12. The van der Waals surface area contributed by atoms with Crippen LogP contribution in [-0.4, -0.2) is 72.5 Å². The van der Waals surface area contributed by atoms with Crippen molar-refractivity contribution in [2.24, 2.45) is 5.73 Å². The van der Waals surface area contributed by atoms with E-state index in [1.54, 1.807) is 13.2 Å². The Kier molecular flexibility index (Phi) is 6.13. The lowest BCUT2D eigenvalue weighted by molar-refractivity contribution is -0.175. The molecule has 1 saturated heterocycles. The zero-order valence-corrected chi connectivity index (χ0v) is 20.5. The molecule has 1 aromatic rings. The Hall–Kier alpha value is -2.33. The van der Waals surface area contributed by atoms with E-state index in [2.05, 4.69) is 4.90 Å². The van der Waals surface area contributed by atoms with Gasteiger partial charge in [-0.15, -0.1) is 12.4 Å². The molecule has 2 aliphatic heterocycles. The van der Waals surface area contributed by atoms with Crippen LogP contribution in [0.1, 0.15) is 37.8 Å². The number of hydrogen-bond acceptors (Lipinski definition) is 9. The maximum absolute atomic E-state index is 12.8. The predicted octanol–water partition coefficient (Wildman–Crippen LogP) is 1.22. The first-order valence-electron chi connectivity index (χ1n) is 11.3. The molecule has 2 bridgehead atoms. The molecule has 1 aromatic carbocycles. The summed E-state index contributed by atoms with van der Waals surface area (Å²) in [5.74, 6) is 0.102. The summed E-state index contributed by atoms with van der Waals surface area (Å²) in [6.07, 6.45) is 1.56. The average molecular weight is 495 g/mol. The molecule has 9 nitrogen and oxygen atoms in total. The molecule has 6 atom stereocenters. The van der Waals surface area contributed by atoms with Gasteiger partial charge in [-0.2, -0.15) is 0 Å². The number of nitrogens with zero attached hydrogens (tertiary/aromatic N) is 1. The molecule has 0 amide bonds. The molecule has 5 rings (SSSR count). The van der Waals surface area contributed by atoms with Gasteiger partial charge in [0, 0.05) is 18.0 Å². The van der Waals surface area contributed by atoms with Crippen LogP contribution in [0.4, 0.5) is 0 Å². The minimum absolute atomic E-state index is 0. The molecule has 10 heteroatoms. The SMILES string of the molecule is COc1ccc2c3c1O[C@H]1C(OC(=O)C(C)OC(=O)[C@H](C)N)=CC[C@@]4(O)[C@@H](C2)N(C)CC[C@]314.Cl. The number of likely N-dealkylation sites (N-methyl/N-ethyl adjacent to an activating group) is 1. The van der Waals surface area contributed by atoms with Gasteiger partial charge in [0.05, 0.1) is 18.1 Å². The van der Waals surface area contributed by atoms with E-state index >= 15 is 0 Å². The Bertz CT molecular complexity index is 1060. The number of likely N-dealkylation sites (tertiary alicyclic amines) is 1. The first-order chi connectivity index (χ1) is 15.6. The van der Waals surface area contributed by atoms with Crippen molar-refractivity contribution in [2.75, 3.05) is 20.7 Å². The van der Waals surface area contributed by atoms with Crippen LogP contribution >= 0.6 is 12.4 Å². The van der Waals surface area contributed by atoms with Crippen LogP contribution in [-0.2, 0) is 30.9 Å². The van der Waals surface area contributed by atoms with Gasteiger partial charge in [0.2, 0.25) is 0 Å². The second-order valence-corrected chi connectivity index (χ2v) is 9.57. The molecule has 1 spiro atoms. The highest BCUT2D eigenvalue weighted by molar-refractivity contribution is 5.85. The number of esters is 2. The van der Waals surface area contributed by atoms with E-state index in [0.717, 1.165) is 17.7 Å². The van der Waals surface area contributed by atoms with Crippen molar-refractivity contribution in [1.29, 1.82) is 0 Å². The number of nitrogens with two attached hydrogens (primary N) is 1.